The molecule has 94 valence electrons. The van der Waals surface area contributed by atoms with Crippen molar-refractivity contribution in [3.8, 4) is 0 Å². The van der Waals surface area contributed by atoms with Gasteiger partial charge in [0.05, 0.1) is 6.54 Å². The van der Waals surface area contributed by atoms with Gasteiger partial charge in [-0.3, -0.25) is 4.90 Å². The lowest BCUT2D eigenvalue weighted by atomic mass is 9.51. The molecule has 0 N–H and O–H groups in total. The summed E-state index contributed by atoms with van der Waals surface area (Å²) in [6.45, 7) is 9.32. The molecule has 1 saturated carbocycles. The Morgan fingerprint density at radius 1 is 1.12 bits per heavy atom. The fourth-order valence-electron chi connectivity index (χ4n) is 4.02. The highest BCUT2D eigenvalue weighted by Crippen LogP contribution is 2.61. The first-order valence-corrected chi connectivity index (χ1v) is 7.09. The number of hydrogen-bond donors (Lipinski definition) is 0. The first-order valence-electron chi connectivity index (χ1n) is 5.85. The van der Waals surface area contributed by atoms with E-state index in [1.54, 1.807) is 0 Å². The molecule has 0 spiro atoms. The molecule has 0 aromatic heterocycles. The van der Waals surface area contributed by atoms with Crippen LogP contribution in [0.5, 0.6) is 0 Å². The Bertz CT molecular complexity index is 285. The summed E-state index contributed by atoms with van der Waals surface area (Å²) in [6.07, 6.45) is 0.0293. The maximum Gasteiger partial charge on any atom is 0.261 e. The molecule has 16 heavy (non-hydrogen) atoms. The van der Waals surface area contributed by atoms with Crippen molar-refractivity contribution < 1.29 is 8.78 Å². The molecule has 0 radical (unpaired) electrons. The molecule has 1 heterocycles. The Balaban J connectivity index is 2.16. The average molecular weight is 343 g/mol. The van der Waals surface area contributed by atoms with Crippen molar-refractivity contribution in [3.63, 3.8) is 0 Å². The van der Waals surface area contributed by atoms with E-state index in [2.05, 4.69) is 50.3 Å². The summed E-state index contributed by atoms with van der Waals surface area (Å²) in [7, 11) is 0. The molecule has 0 unspecified atom stereocenters. The Morgan fingerprint density at radius 3 is 2.00 bits per heavy atom. The highest BCUT2D eigenvalue weighted by Gasteiger charge is 2.63. The van der Waals surface area contributed by atoms with Crippen LogP contribution in [0.25, 0.3) is 0 Å². The van der Waals surface area contributed by atoms with Crippen LogP contribution in [0.15, 0.2) is 0 Å². The topological polar surface area (TPSA) is 3.24 Å². The van der Waals surface area contributed by atoms with E-state index in [-0.39, 0.29) is 29.8 Å². The third-order valence-electron chi connectivity index (χ3n) is 4.28. The summed E-state index contributed by atoms with van der Waals surface area (Å²) in [5.74, 6) is -2.47. The van der Waals surface area contributed by atoms with Gasteiger partial charge >= 0.3 is 0 Å². The van der Waals surface area contributed by atoms with Gasteiger partial charge in [0, 0.05) is 22.9 Å². The van der Waals surface area contributed by atoms with E-state index in [9.17, 15) is 8.78 Å². The Labute approximate surface area is 110 Å². The first kappa shape index (κ1) is 13.0. The van der Waals surface area contributed by atoms with Crippen LogP contribution in [0.1, 0.15) is 34.1 Å². The number of nitrogens with zero attached hydrogens (tertiary/aromatic N) is 1. The van der Waals surface area contributed by atoms with E-state index in [0.717, 1.165) is 0 Å². The fraction of sp³-hybridized carbons (Fsp3) is 1.00. The van der Waals surface area contributed by atoms with E-state index in [1.165, 1.54) is 0 Å². The number of likely N-dealkylation sites (tertiary alicyclic amines) is 1. The molecule has 0 amide bonds. The van der Waals surface area contributed by atoms with Crippen LogP contribution in [0.3, 0.4) is 0 Å². The molecule has 1 saturated heterocycles. The van der Waals surface area contributed by atoms with Gasteiger partial charge in [0.1, 0.15) is 0 Å². The molecule has 0 aromatic carbocycles. The molecule has 1 nitrogen and oxygen atoms in total. The molecule has 2 fully saturated rings. The van der Waals surface area contributed by atoms with E-state index in [0.29, 0.717) is 10.5 Å². The maximum atomic E-state index is 13.3. The molecular weight excluding hydrogens is 323 g/mol. The lowest BCUT2D eigenvalue weighted by molar-refractivity contribution is -0.101. The van der Waals surface area contributed by atoms with E-state index in [1.807, 2.05) is 4.90 Å². The van der Waals surface area contributed by atoms with Gasteiger partial charge in [0.15, 0.2) is 0 Å². The quantitative estimate of drug-likeness (QED) is 0.520. The number of rotatable bonds is 1. The van der Waals surface area contributed by atoms with Gasteiger partial charge in [0.25, 0.3) is 5.92 Å². The van der Waals surface area contributed by atoms with Crippen molar-refractivity contribution in [2.24, 2.45) is 10.8 Å². The van der Waals surface area contributed by atoms with E-state index in [4.69, 9.17) is 0 Å². The van der Waals surface area contributed by atoms with Gasteiger partial charge in [-0.2, -0.15) is 0 Å². The summed E-state index contributed by atoms with van der Waals surface area (Å²) in [4.78, 5) is 2.01. The molecular formula is C12H20F2IN. The number of halogens is 3. The average Bonchev–Trinajstić information content (AvgIpc) is 2.43. The van der Waals surface area contributed by atoms with E-state index >= 15 is 0 Å². The van der Waals surface area contributed by atoms with Gasteiger partial charge in [-0.1, -0.05) is 50.3 Å². The summed E-state index contributed by atoms with van der Waals surface area (Å²) >= 11 is 2.48. The van der Waals surface area contributed by atoms with Gasteiger partial charge in [0.2, 0.25) is 0 Å². The lowest BCUT2D eigenvalue weighted by Gasteiger charge is -2.65. The Hall–Kier alpha value is 0.550. The third kappa shape index (κ3) is 1.71. The zero-order valence-corrected chi connectivity index (χ0v) is 12.5. The lowest BCUT2D eigenvalue weighted by Crippen LogP contribution is -2.70. The standard InChI is InChI=1S/C12H20F2IN/c1-10(2)8(15)11(3,4)9(10)16-6-5-12(13,14)7-16/h8-9H,5-7H2,1-4H3. The predicted molar refractivity (Wildman–Crippen MR) is 70.3 cm³/mol. The second kappa shape index (κ2) is 3.53. The molecule has 4 heteroatoms. The zero-order valence-electron chi connectivity index (χ0n) is 10.4. The minimum atomic E-state index is -2.47. The van der Waals surface area contributed by atoms with Crippen LogP contribution in [-0.2, 0) is 0 Å². The molecule has 1 aliphatic carbocycles. The maximum absolute atomic E-state index is 13.3. The van der Waals surface area contributed by atoms with Crippen molar-refractivity contribution in [2.75, 3.05) is 13.1 Å². The summed E-state index contributed by atoms with van der Waals surface area (Å²) < 4.78 is 27.1. The van der Waals surface area contributed by atoms with Gasteiger partial charge < -0.3 is 0 Å². The van der Waals surface area contributed by atoms with Crippen molar-refractivity contribution in [1.82, 2.24) is 4.90 Å². The first-order chi connectivity index (χ1) is 7.09. The van der Waals surface area contributed by atoms with Crippen LogP contribution in [0.2, 0.25) is 0 Å². The summed E-state index contributed by atoms with van der Waals surface area (Å²) in [6, 6.07) is 0.287. The highest BCUT2D eigenvalue weighted by atomic mass is 127. The Kier molecular flexibility index (Phi) is 2.86. The molecule has 0 bridgehead atoms. The largest absolute Gasteiger partial charge is 0.293 e. The molecule has 2 aliphatic rings. The monoisotopic (exact) mass is 343 g/mol. The van der Waals surface area contributed by atoms with Gasteiger partial charge in [-0.15, -0.1) is 0 Å². The van der Waals surface area contributed by atoms with Crippen LogP contribution in [0, 0.1) is 10.8 Å². The SMILES string of the molecule is CC1(C)C(I)C(C)(C)C1N1CCC(F)(F)C1. The zero-order chi connectivity index (χ0) is 12.4. The normalized spacial score (nSPS) is 40.7. The van der Waals surface area contributed by atoms with Crippen LogP contribution in [-0.4, -0.2) is 33.9 Å². The second-order valence-electron chi connectivity index (χ2n) is 6.48. The molecule has 1 aliphatic heterocycles. The van der Waals surface area contributed by atoms with Crippen LogP contribution in [0.4, 0.5) is 8.78 Å². The van der Waals surface area contributed by atoms with Gasteiger partial charge in [-0.05, 0) is 10.8 Å². The van der Waals surface area contributed by atoms with Crippen LogP contribution < -0.4 is 0 Å². The smallest absolute Gasteiger partial charge is 0.261 e. The predicted octanol–water partition coefficient (Wildman–Crippen LogP) is 3.57. The number of alkyl halides is 3. The minimum Gasteiger partial charge on any atom is -0.293 e. The molecule has 2 rings (SSSR count). The van der Waals surface area contributed by atoms with Gasteiger partial charge in [-0.25, -0.2) is 8.78 Å². The molecule has 0 aromatic rings. The minimum absolute atomic E-state index is 0.0293. The van der Waals surface area contributed by atoms with Crippen molar-refractivity contribution in [1.29, 1.82) is 0 Å². The second-order valence-corrected chi connectivity index (χ2v) is 7.73. The van der Waals surface area contributed by atoms with Crippen molar-refractivity contribution in [2.45, 2.75) is 50.0 Å². The number of hydrogen-bond acceptors (Lipinski definition) is 1. The van der Waals surface area contributed by atoms with E-state index < -0.39 is 5.92 Å². The third-order valence-corrected chi connectivity index (χ3v) is 7.49. The van der Waals surface area contributed by atoms with Crippen molar-refractivity contribution >= 4 is 22.6 Å². The molecule has 0 atom stereocenters. The summed E-state index contributed by atoms with van der Waals surface area (Å²) in [5.41, 5.74) is 0.287. The Morgan fingerprint density at radius 2 is 1.62 bits per heavy atom. The van der Waals surface area contributed by atoms with Crippen LogP contribution >= 0.6 is 22.6 Å². The van der Waals surface area contributed by atoms with Crippen molar-refractivity contribution in [3.05, 3.63) is 0 Å². The summed E-state index contributed by atoms with van der Waals surface area (Å²) in [5, 5.41) is 0. The fourth-order valence-corrected chi connectivity index (χ4v) is 4.70. The highest BCUT2D eigenvalue weighted by molar-refractivity contribution is 14.1.